The molecule has 1 aromatic rings. The molecule has 116 valence electrons. The molecule has 1 aromatic carbocycles. The lowest BCUT2D eigenvalue weighted by atomic mass is 10.0. The van der Waals surface area contributed by atoms with Gasteiger partial charge in [0.05, 0.1) is 10.9 Å². The van der Waals surface area contributed by atoms with Crippen LogP contribution >= 0.6 is 0 Å². The van der Waals surface area contributed by atoms with Gasteiger partial charge in [-0.05, 0) is 45.2 Å². The first-order valence-corrected chi connectivity index (χ1v) is 8.20. The topological polar surface area (TPSA) is 63.7 Å². The molecule has 0 bridgehead atoms. The smallest absolute Gasteiger partial charge is 0.410 e. The second-order valence-corrected chi connectivity index (χ2v) is 7.14. The zero-order valence-electron chi connectivity index (χ0n) is 12.5. The van der Waals surface area contributed by atoms with Gasteiger partial charge in [-0.2, -0.15) is 0 Å². The van der Waals surface area contributed by atoms with E-state index in [0.29, 0.717) is 12.1 Å². The van der Waals surface area contributed by atoms with Crippen LogP contribution in [0.2, 0.25) is 0 Å². The molecule has 6 heteroatoms. The number of likely N-dealkylation sites (tertiary alicyclic amines) is 1. The third-order valence-corrected chi connectivity index (χ3v) is 4.17. The van der Waals surface area contributed by atoms with Crippen molar-refractivity contribution >= 4 is 16.8 Å². The van der Waals surface area contributed by atoms with Crippen LogP contribution < -0.4 is 0 Å². The molecule has 1 amide bonds. The Morgan fingerprint density at radius 1 is 1.29 bits per heavy atom. The van der Waals surface area contributed by atoms with Gasteiger partial charge < -0.3 is 9.64 Å². The van der Waals surface area contributed by atoms with Gasteiger partial charge in [0.25, 0.3) is 0 Å². The number of hydrogen-bond acceptors (Lipinski definition) is 4. The van der Waals surface area contributed by atoms with E-state index in [4.69, 9.17) is 4.74 Å². The van der Waals surface area contributed by atoms with Crippen molar-refractivity contribution in [3.05, 3.63) is 29.8 Å². The number of ether oxygens (including phenoxy) is 1. The summed E-state index contributed by atoms with van der Waals surface area (Å²) in [4.78, 5) is 14.2. The number of amides is 1. The first-order chi connectivity index (χ1) is 9.79. The number of hydrogen-bond donors (Lipinski definition) is 1. The Hall–Kier alpha value is -1.56. The van der Waals surface area contributed by atoms with Crippen LogP contribution in [-0.4, -0.2) is 31.6 Å². The van der Waals surface area contributed by atoms with E-state index in [-0.39, 0.29) is 17.0 Å². The molecule has 1 saturated heterocycles. The van der Waals surface area contributed by atoms with Gasteiger partial charge in [0.2, 0.25) is 0 Å². The standard InChI is InChI=1S/C15H21NO4S/c1-15(2,3)20-14(17)16-10-6-8-12(16)11-7-4-5-9-13(11)21(18)19/h4-5,7,9,12,21H,6,8,10H2,1-3H3. The second kappa shape index (κ2) is 6.05. The van der Waals surface area contributed by atoms with Crippen LogP contribution in [0.3, 0.4) is 0 Å². The zero-order valence-corrected chi connectivity index (χ0v) is 13.4. The summed E-state index contributed by atoms with van der Waals surface area (Å²) in [6.07, 6.45) is 1.20. The maximum Gasteiger partial charge on any atom is 0.410 e. The first kappa shape index (κ1) is 15.8. The molecule has 0 radical (unpaired) electrons. The zero-order chi connectivity index (χ0) is 15.6. The molecule has 0 aliphatic carbocycles. The first-order valence-electron chi connectivity index (χ1n) is 7.02. The molecule has 0 N–H and O–H groups in total. The lowest BCUT2D eigenvalue weighted by Gasteiger charge is -2.29. The van der Waals surface area contributed by atoms with Gasteiger partial charge in [0, 0.05) is 6.54 Å². The minimum atomic E-state index is -2.68. The van der Waals surface area contributed by atoms with E-state index in [1.807, 2.05) is 20.8 Å². The molecule has 1 unspecified atom stereocenters. The van der Waals surface area contributed by atoms with E-state index >= 15 is 0 Å². The number of benzene rings is 1. The molecule has 1 heterocycles. The molecular weight excluding hydrogens is 290 g/mol. The third kappa shape index (κ3) is 3.75. The fourth-order valence-corrected chi connectivity index (χ4v) is 3.21. The van der Waals surface area contributed by atoms with Crippen molar-refractivity contribution in [2.75, 3.05) is 6.54 Å². The van der Waals surface area contributed by atoms with E-state index in [0.717, 1.165) is 12.8 Å². The summed E-state index contributed by atoms with van der Waals surface area (Å²) in [5, 5.41) is 0. The average Bonchev–Trinajstić information content (AvgIpc) is 2.85. The van der Waals surface area contributed by atoms with Crippen molar-refractivity contribution in [3.8, 4) is 0 Å². The van der Waals surface area contributed by atoms with Crippen LogP contribution in [0.5, 0.6) is 0 Å². The summed E-state index contributed by atoms with van der Waals surface area (Å²) >= 11 is 0. The quantitative estimate of drug-likeness (QED) is 0.853. The maximum atomic E-state index is 12.3. The number of nitrogens with zero attached hydrogens (tertiary/aromatic N) is 1. The van der Waals surface area contributed by atoms with Gasteiger partial charge in [0.1, 0.15) is 5.60 Å². The molecule has 2 rings (SSSR count). The monoisotopic (exact) mass is 311 g/mol. The van der Waals surface area contributed by atoms with E-state index in [9.17, 15) is 13.2 Å². The molecule has 0 spiro atoms. The predicted octanol–water partition coefficient (Wildman–Crippen LogP) is 2.73. The molecule has 0 aromatic heterocycles. The van der Waals surface area contributed by atoms with Gasteiger partial charge >= 0.3 is 6.09 Å². The van der Waals surface area contributed by atoms with Crippen LogP contribution in [0.15, 0.2) is 29.2 Å². The molecule has 1 atom stereocenters. The summed E-state index contributed by atoms with van der Waals surface area (Å²) in [6, 6.07) is 6.60. The lowest BCUT2D eigenvalue weighted by molar-refractivity contribution is 0.0222. The molecule has 1 aliphatic rings. The molecule has 1 aliphatic heterocycles. The third-order valence-electron chi connectivity index (χ3n) is 3.37. The van der Waals surface area contributed by atoms with Crippen molar-refractivity contribution in [3.63, 3.8) is 0 Å². The Morgan fingerprint density at radius 3 is 2.57 bits per heavy atom. The highest BCUT2D eigenvalue weighted by atomic mass is 32.2. The van der Waals surface area contributed by atoms with Crippen LogP contribution in [-0.2, 0) is 15.4 Å². The van der Waals surface area contributed by atoms with Crippen molar-refractivity contribution < 1.29 is 17.9 Å². The average molecular weight is 311 g/mol. The van der Waals surface area contributed by atoms with E-state index < -0.39 is 16.3 Å². The van der Waals surface area contributed by atoms with E-state index in [2.05, 4.69) is 0 Å². The fourth-order valence-electron chi connectivity index (χ4n) is 2.56. The minimum Gasteiger partial charge on any atom is -0.444 e. The number of thiol groups is 1. The number of rotatable bonds is 2. The SMILES string of the molecule is CC(C)(C)OC(=O)N1CCCC1c1ccccc1[SH](=O)=O. The van der Waals surface area contributed by atoms with Gasteiger partial charge in [-0.1, -0.05) is 18.2 Å². The Labute approximate surface area is 126 Å². The maximum absolute atomic E-state index is 12.3. The van der Waals surface area contributed by atoms with Crippen molar-refractivity contribution in [2.24, 2.45) is 0 Å². The Bertz CT molecular complexity index is 596. The van der Waals surface area contributed by atoms with Crippen LogP contribution in [0.25, 0.3) is 0 Å². The molecule has 0 saturated carbocycles. The Morgan fingerprint density at radius 2 is 1.95 bits per heavy atom. The summed E-state index contributed by atoms with van der Waals surface area (Å²) in [6.45, 7) is 6.04. The lowest BCUT2D eigenvalue weighted by Crippen LogP contribution is -2.36. The predicted molar refractivity (Wildman–Crippen MR) is 79.9 cm³/mol. The van der Waals surface area contributed by atoms with Crippen LogP contribution in [0, 0.1) is 0 Å². The van der Waals surface area contributed by atoms with Crippen molar-refractivity contribution in [1.82, 2.24) is 4.90 Å². The van der Waals surface area contributed by atoms with Crippen LogP contribution in [0.4, 0.5) is 4.79 Å². The van der Waals surface area contributed by atoms with E-state index in [1.165, 1.54) is 0 Å². The number of carbonyl (C=O) groups excluding carboxylic acids is 1. The highest BCUT2D eigenvalue weighted by Crippen LogP contribution is 2.35. The molecule has 1 fully saturated rings. The summed E-state index contributed by atoms with van der Waals surface area (Å²) in [5.74, 6) is 0. The normalized spacial score (nSPS) is 19.0. The Balaban J connectivity index is 2.29. The fraction of sp³-hybridized carbons (Fsp3) is 0.533. The molecule has 5 nitrogen and oxygen atoms in total. The van der Waals surface area contributed by atoms with E-state index in [1.54, 1.807) is 29.2 Å². The number of carbonyl (C=O) groups is 1. The molecule has 21 heavy (non-hydrogen) atoms. The van der Waals surface area contributed by atoms with Gasteiger partial charge in [0.15, 0.2) is 10.7 Å². The highest BCUT2D eigenvalue weighted by molar-refractivity contribution is 7.72. The Kier molecular flexibility index (Phi) is 4.56. The van der Waals surface area contributed by atoms with Crippen LogP contribution in [0.1, 0.15) is 45.2 Å². The highest BCUT2D eigenvalue weighted by Gasteiger charge is 2.34. The summed E-state index contributed by atoms with van der Waals surface area (Å²) in [5.41, 5.74) is 0.116. The van der Waals surface area contributed by atoms with Gasteiger partial charge in [-0.25, -0.2) is 13.2 Å². The van der Waals surface area contributed by atoms with Gasteiger partial charge in [-0.3, -0.25) is 0 Å². The summed E-state index contributed by atoms with van der Waals surface area (Å²) in [7, 11) is -2.68. The minimum absolute atomic E-state index is 0.232. The van der Waals surface area contributed by atoms with Crippen molar-refractivity contribution in [2.45, 2.75) is 50.2 Å². The molecular formula is C15H21NO4S. The van der Waals surface area contributed by atoms with Crippen molar-refractivity contribution in [1.29, 1.82) is 0 Å². The summed E-state index contributed by atoms with van der Waals surface area (Å²) < 4.78 is 28.2. The second-order valence-electron chi connectivity index (χ2n) is 6.15. The van der Waals surface area contributed by atoms with Gasteiger partial charge in [-0.15, -0.1) is 0 Å². The largest absolute Gasteiger partial charge is 0.444 e.